The van der Waals surface area contributed by atoms with Crippen LogP contribution in [0, 0.1) is 0 Å². The van der Waals surface area contributed by atoms with Gasteiger partial charge in [0.05, 0.1) is 0 Å². The second kappa shape index (κ2) is 33.2. The predicted molar refractivity (Wildman–Crippen MR) is 198 cm³/mol. The molecule has 0 radical (unpaired) electrons. The van der Waals surface area contributed by atoms with E-state index in [4.69, 9.17) is 4.74 Å². The molecule has 0 amide bonds. The van der Waals surface area contributed by atoms with Gasteiger partial charge in [0.1, 0.15) is 6.61 Å². The van der Waals surface area contributed by atoms with Crippen LogP contribution in [-0.4, -0.2) is 30.6 Å². The first kappa shape index (κ1) is 40.9. The molecule has 0 aliphatic carbocycles. The Labute approximate surface area is 280 Å². The molecular formula is C42H71NO2. The molecular weight excluding hydrogens is 550 g/mol. The molecule has 0 aliphatic rings. The van der Waals surface area contributed by atoms with Crippen molar-refractivity contribution in [1.82, 2.24) is 4.90 Å². The molecule has 0 N–H and O–H groups in total. The van der Waals surface area contributed by atoms with Crippen LogP contribution in [0.4, 0.5) is 0 Å². The first-order valence-corrected chi connectivity index (χ1v) is 19.1. The molecule has 1 aromatic rings. The predicted octanol–water partition coefficient (Wildman–Crippen LogP) is 12.7. The normalized spacial score (nSPS) is 12.0. The number of esters is 1. The molecule has 3 nitrogen and oxygen atoms in total. The summed E-state index contributed by atoms with van der Waals surface area (Å²) in [4.78, 5) is 14.6. The maximum atomic E-state index is 12.0. The van der Waals surface area contributed by atoms with E-state index in [-0.39, 0.29) is 5.97 Å². The molecule has 0 unspecified atom stereocenters. The fourth-order valence-electron chi connectivity index (χ4n) is 5.66. The lowest BCUT2D eigenvalue weighted by Crippen LogP contribution is -2.25. The van der Waals surface area contributed by atoms with Gasteiger partial charge in [-0.2, -0.15) is 0 Å². The van der Waals surface area contributed by atoms with Crippen molar-refractivity contribution in [2.45, 2.75) is 168 Å². The third-order valence-corrected chi connectivity index (χ3v) is 8.51. The molecule has 0 bridgehead atoms. The van der Waals surface area contributed by atoms with Crippen LogP contribution in [0.25, 0.3) is 0 Å². The Kier molecular flexibility index (Phi) is 30.2. The lowest BCUT2D eigenvalue weighted by molar-refractivity contribution is -0.142. The highest BCUT2D eigenvalue weighted by Gasteiger charge is 2.07. The van der Waals surface area contributed by atoms with Crippen molar-refractivity contribution in [3.8, 4) is 0 Å². The molecule has 0 aromatic heterocycles. The smallest absolute Gasteiger partial charge is 0.306 e. The summed E-state index contributed by atoms with van der Waals surface area (Å²) in [5.41, 5.74) is 1.42. The fourth-order valence-corrected chi connectivity index (χ4v) is 5.66. The Morgan fingerprint density at radius 3 is 1.64 bits per heavy atom. The second-order valence-electron chi connectivity index (χ2n) is 12.9. The number of benzene rings is 1. The third-order valence-electron chi connectivity index (χ3n) is 8.51. The van der Waals surface area contributed by atoms with Crippen LogP contribution in [0.5, 0.6) is 0 Å². The summed E-state index contributed by atoms with van der Waals surface area (Å²) in [6.45, 7) is 8.35. The molecule has 256 valence electrons. The van der Waals surface area contributed by atoms with Gasteiger partial charge in [-0.05, 0) is 82.9 Å². The van der Waals surface area contributed by atoms with Crippen molar-refractivity contribution >= 4 is 5.97 Å². The number of rotatable bonds is 32. The lowest BCUT2D eigenvalue weighted by atomic mass is 10.1. The summed E-state index contributed by atoms with van der Waals surface area (Å²) in [5, 5.41) is 0. The Morgan fingerprint density at radius 1 is 0.578 bits per heavy atom. The average Bonchev–Trinajstić information content (AvgIpc) is 3.05. The van der Waals surface area contributed by atoms with Gasteiger partial charge in [-0.25, -0.2) is 0 Å². The molecule has 1 aromatic carbocycles. The van der Waals surface area contributed by atoms with Crippen molar-refractivity contribution in [2.75, 3.05) is 19.7 Å². The van der Waals surface area contributed by atoms with E-state index in [1.807, 2.05) is 6.08 Å². The molecule has 0 fully saturated rings. The largest absolute Gasteiger partial charge is 0.461 e. The zero-order valence-corrected chi connectivity index (χ0v) is 29.7. The number of carbonyl (C=O) groups is 1. The molecule has 0 aliphatic heterocycles. The first-order valence-electron chi connectivity index (χ1n) is 19.1. The Hall–Kier alpha value is -2.13. The van der Waals surface area contributed by atoms with Crippen LogP contribution in [0.15, 0.2) is 66.8 Å². The van der Waals surface area contributed by atoms with Crippen molar-refractivity contribution in [3.63, 3.8) is 0 Å². The van der Waals surface area contributed by atoms with Gasteiger partial charge in [0.25, 0.3) is 0 Å². The summed E-state index contributed by atoms with van der Waals surface area (Å²) < 4.78 is 5.36. The van der Waals surface area contributed by atoms with Crippen LogP contribution in [-0.2, 0) is 16.1 Å². The maximum absolute atomic E-state index is 12.0. The highest BCUT2D eigenvalue weighted by Crippen LogP contribution is 2.13. The van der Waals surface area contributed by atoms with E-state index in [9.17, 15) is 4.79 Å². The molecule has 0 saturated carbocycles. The van der Waals surface area contributed by atoms with Gasteiger partial charge >= 0.3 is 5.97 Å². The number of ether oxygens (including phenoxy) is 1. The van der Waals surface area contributed by atoms with Gasteiger partial charge in [0, 0.05) is 13.0 Å². The number of unbranched alkanes of at least 4 members (excludes halogenated alkanes) is 17. The highest BCUT2D eigenvalue weighted by atomic mass is 16.5. The van der Waals surface area contributed by atoms with E-state index in [0.29, 0.717) is 13.0 Å². The van der Waals surface area contributed by atoms with Gasteiger partial charge in [-0.3, -0.25) is 9.69 Å². The topological polar surface area (TPSA) is 29.5 Å². The highest BCUT2D eigenvalue weighted by molar-refractivity contribution is 5.69. The molecule has 0 atom stereocenters. The first-order chi connectivity index (χ1) is 22.3. The number of allylic oxidation sites excluding steroid dienone is 5. The van der Waals surface area contributed by atoms with Crippen LogP contribution < -0.4 is 0 Å². The second-order valence-corrected chi connectivity index (χ2v) is 12.9. The summed E-state index contributed by atoms with van der Waals surface area (Å²) in [5.74, 6) is -0.0487. The van der Waals surface area contributed by atoms with Crippen molar-refractivity contribution < 1.29 is 9.53 Å². The Balaban J connectivity index is 2.10. The van der Waals surface area contributed by atoms with E-state index < -0.39 is 0 Å². The molecule has 1 rings (SSSR count). The van der Waals surface area contributed by atoms with Crippen LogP contribution in [0.2, 0.25) is 0 Å². The standard InChI is InChI=1S/C42H71NO2/c1-3-5-7-9-11-12-13-14-15-16-17-18-19-20-24-31-37-43(40-41-34-28-27-29-35-41)38-32-25-22-23-30-36-42(44)45-39-33-26-21-10-8-6-4-2/h12-13,15-16,26-29,33-35H,3-11,14,17-25,30-32,36-40H2,1-2H3/b13-12-,16-15-,33-26-. The zero-order valence-electron chi connectivity index (χ0n) is 29.7. The summed E-state index contributed by atoms with van der Waals surface area (Å²) in [7, 11) is 0. The monoisotopic (exact) mass is 622 g/mol. The van der Waals surface area contributed by atoms with E-state index in [1.54, 1.807) is 0 Å². The zero-order chi connectivity index (χ0) is 32.3. The average molecular weight is 622 g/mol. The molecule has 3 heteroatoms. The van der Waals surface area contributed by atoms with E-state index in [1.165, 1.54) is 134 Å². The SMILES string of the molecule is CCCCCC/C=C\C/C=C\CCCCCCCN(CCCCCCCC(=O)OC/C=C\CCCCCC)Cc1ccccc1. The van der Waals surface area contributed by atoms with Crippen LogP contribution in [0.1, 0.15) is 167 Å². The Morgan fingerprint density at radius 2 is 1.07 bits per heavy atom. The molecule has 0 saturated heterocycles. The Bertz CT molecular complexity index is 844. The van der Waals surface area contributed by atoms with Gasteiger partial charge in [-0.1, -0.05) is 158 Å². The fraction of sp³-hybridized carbons (Fsp3) is 0.690. The maximum Gasteiger partial charge on any atom is 0.306 e. The molecule has 0 spiro atoms. The van der Waals surface area contributed by atoms with Crippen molar-refractivity contribution in [2.24, 2.45) is 0 Å². The number of nitrogens with zero attached hydrogens (tertiary/aromatic N) is 1. The minimum Gasteiger partial charge on any atom is -0.461 e. The van der Waals surface area contributed by atoms with Crippen LogP contribution >= 0.6 is 0 Å². The number of hydrogen-bond donors (Lipinski definition) is 0. The minimum absolute atomic E-state index is 0.0487. The van der Waals surface area contributed by atoms with E-state index in [0.717, 1.165) is 32.2 Å². The molecule has 0 heterocycles. The van der Waals surface area contributed by atoms with Gasteiger partial charge in [-0.15, -0.1) is 0 Å². The lowest BCUT2D eigenvalue weighted by Gasteiger charge is -2.22. The van der Waals surface area contributed by atoms with Gasteiger partial charge in [0.2, 0.25) is 0 Å². The van der Waals surface area contributed by atoms with E-state index >= 15 is 0 Å². The quantitative estimate of drug-likeness (QED) is 0.0455. The van der Waals surface area contributed by atoms with Gasteiger partial charge < -0.3 is 4.74 Å². The van der Waals surface area contributed by atoms with Crippen molar-refractivity contribution in [3.05, 3.63) is 72.4 Å². The van der Waals surface area contributed by atoms with Crippen molar-refractivity contribution in [1.29, 1.82) is 0 Å². The summed E-state index contributed by atoms with van der Waals surface area (Å²) in [6.07, 6.45) is 41.7. The number of carbonyl (C=O) groups excluding carboxylic acids is 1. The number of hydrogen-bond acceptors (Lipinski definition) is 3. The summed E-state index contributed by atoms with van der Waals surface area (Å²) in [6, 6.07) is 10.9. The summed E-state index contributed by atoms with van der Waals surface area (Å²) >= 11 is 0. The van der Waals surface area contributed by atoms with Crippen LogP contribution in [0.3, 0.4) is 0 Å². The minimum atomic E-state index is -0.0487. The third kappa shape index (κ3) is 29.0. The van der Waals surface area contributed by atoms with E-state index in [2.05, 4.69) is 79.5 Å². The van der Waals surface area contributed by atoms with Gasteiger partial charge in [0.15, 0.2) is 0 Å². The molecule has 45 heavy (non-hydrogen) atoms.